The fourth-order valence-electron chi connectivity index (χ4n) is 3.31. The summed E-state index contributed by atoms with van der Waals surface area (Å²) < 4.78 is 40.6. The zero-order valence-corrected chi connectivity index (χ0v) is 17.5. The minimum atomic E-state index is -4.74. The zero-order valence-electron chi connectivity index (χ0n) is 17.5. The van der Waals surface area contributed by atoms with Gasteiger partial charge in [0.1, 0.15) is 5.75 Å². The van der Waals surface area contributed by atoms with Gasteiger partial charge < -0.3 is 20.5 Å². The van der Waals surface area contributed by atoms with E-state index in [9.17, 15) is 18.3 Å². The number of rotatable bonds is 8. The van der Waals surface area contributed by atoms with Crippen molar-refractivity contribution in [2.45, 2.75) is 45.2 Å². The normalized spacial score (nSPS) is 17.5. The van der Waals surface area contributed by atoms with Crippen LogP contribution >= 0.6 is 0 Å². The van der Waals surface area contributed by atoms with Gasteiger partial charge in [0.25, 0.3) is 0 Å². The van der Waals surface area contributed by atoms with E-state index in [0.29, 0.717) is 24.1 Å². The molecule has 1 atom stereocenters. The summed E-state index contributed by atoms with van der Waals surface area (Å²) in [6, 6.07) is 5.45. The Hall–Kier alpha value is -2.26. The van der Waals surface area contributed by atoms with Crippen LogP contribution < -0.4 is 15.4 Å². The number of aliphatic hydroxyl groups excluding tert-OH is 1. The van der Waals surface area contributed by atoms with Crippen LogP contribution in [-0.2, 0) is 0 Å². The predicted octanol–water partition coefficient (Wildman–Crippen LogP) is 3.21. The topological polar surface area (TPSA) is 69.1 Å². The van der Waals surface area contributed by atoms with Crippen LogP contribution in [0.3, 0.4) is 0 Å². The van der Waals surface area contributed by atoms with Gasteiger partial charge in [-0.25, -0.2) is 0 Å². The van der Waals surface area contributed by atoms with Crippen LogP contribution in [-0.4, -0.2) is 61.1 Å². The average molecular weight is 428 g/mol. The number of aliphatic imine (C=N–C) groups is 1. The monoisotopic (exact) mass is 428 g/mol. The van der Waals surface area contributed by atoms with Crippen LogP contribution in [0.5, 0.6) is 5.75 Å². The van der Waals surface area contributed by atoms with Crippen molar-refractivity contribution in [1.82, 2.24) is 15.5 Å². The third-order valence-electron chi connectivity index (χ3n) is 4.69. The molecular weight excluding hydrogens is 397 g/mol. The van der Waals surface area contributed by atoms with Gasteiger partial charge in [0, 0.05) is 32.2 Å². The molecule has 6 nitrogen and oxygen atoms in total. The summed E-state index contributed by atoms with van der Waals surface area (Å²) in [4.78, 5) is 6.81. The van der Waals surface area contributed by atoms with Gasteiger partial charge in [-0.2, -0.15) is 0 Å². The molecule has 0 radical (unpaired) electrons. The molecule has 0 spiro atoms. The number of likely N-dealkylation sites (tertiary alicyclic amines) is 1. The molecule has 1 aromatic carbocycles. The van der Waals surface area contributed by atoms with Crippen LogP contribution in [0.25, 0.3) is 0 Å². The first kappa shape index (κ1) is 24.0. The molecule has 0 aliphatic carbocycles. The number of nitrogens with zero attached hydrogens (tertiary/aromatic N) is 2. The van der Waals surface area contributed by atoms with Crippen LogP contribution in [0.2, 0.25) is 0 Å². The molecule has 1 fully saturated rings. The summed E-state index contributed by atoms with van der Waals surface area (Å²) in [5.74, 6) is 0.293. The summed E-state index contributed by atoms with van der Waals surface area (Å²) in [7, 11) is 0. The summed E-state index contributed by atoms with van der Waals surface area (Å²) >= 11 is 0. The number of alkyl halides is 3. The lowest BCUT2D eigenvalue weighted by Crippen LogP contribution is -2.49. The number of hydrogen-bond donors (Lipinski definition) is 3. The molecule has 2 rings (SSSR count). The van der Waals surface area contributed by atoms with Crippen molar-refractivity contribution in [3.05, 3.63) is 42.0 Å². The average Bonchev–Trinajstić information content (AvgIpc) is 2.66. The van der Waals surface area contributed by atoms with E-state index in [2.05, 4.69) is 31.8 Å². The molecule has 9 heteroatoms. The van der Waals surface area contributed by atoms with Gasteiger partial charge in [-0.05, 0) is 44.4 Å². The van der Waals surface area contributed by atoms with Crippen molar-refractivity contribution in [3.63, 3.8) is 0 Å². The van der Waals surface area contributed by atoms with Crippen molar-refractivity contribution in [1.29, 1.82) is 0 Å². The zero-order chi connectivity index (χ0) is 22.1. The molecule has 30 heavy (non-hydrogen) atoms. The first-order valence-electron chi connectivity index (χ1n) is 10.1. The van der Waals surface area contributed by atoms with Crippen LogP contribution in [0.1, 0.15) is 38.4 Å². The van der Waals surface area contributed by atoms with Crippen LogP contribution in [0.15, 0.2) is 41.4 Å². The van der Waals surface area contributed by atoms with E-state index in [0.717, 1.165) is 38.0 Å². The van der Waals surface area contributed by atoms with E-state index in [4.69, 9.17) is 0 Å². The van der Waals surface area contributed by atoms with Gasteiger partial charge in [0.05, 0.1) is 12.6 Å². The summed E-state index contributed by atoms with van der Waals surface area (Å²) in [5.41, 5.74) is 1.63. The highest BCUT2D eigenvalue weighted by Crippen LogP contribution is 2.24. The van der Waals surface area contributed by atoms with Crippen molar-refractivity contribution < 1.29 is 23.0 Å². The van der Waals surface area contributed by atoms with E-state index in [1.54, 1.807) is 0 Å². The first-order chi connectivity index (χ1) is 14.2. The number of benzene rings is 1. The summed E-state index contributed by atoms with van der Waals surface area (Å²) in [6.45, 7) is 11.6. The van der Waals surface area contributed by atoms with E-state index in [-0.39, 0.29) is 12.3 Å². The van der Waals surface area contributed by atoms with Crippen molar-refractivity contribution in [2.24, 2.45) is 4.99 Å². The third kappa shape index (κ3) is 8.62. The van der Waals surface area contributed by atoms with E-state index < -0.39 is 12.5 Å². The second kappa shape index (κ2) is 11.2. The maximum Gasteiger partial charge on any atom is 0.573 e. The predicted molar refractivity (Wildman–Crippen MR) is 111 cm³/mol. The lowest BCUT2D eigenvalue weighted by molar-refractivity contribution is -0.274. The van der Waals surface area contributed by atoms with Gasteiger partial charge in [0.15, 0.2) is 5.96 Å². The van der Waals surface area contributed by atoms with Gasteiger partial charge in [-0.1, -0.05) is 24.3 Å². The Morgan fingerprint density at radius 1 is 1.30 bits per heavy atom. The van der Waals surface area contributed by atoms with Gasteiger partial charge in [-0.15, -0.1) is 13.2 Å². The molecule has 1 aromatic rings. The minimum Gasteiger partial charge on any atom is -0.406 e. The van der Waals surface area contributed by atoms with Crippen molar-refractivity contribution >= 4 is 5.96 Å². The highest BCUT2D eigenvalue weighted by atomic mass is 19.4. The number of nitrogens with one attached hydrogen (secondary N) is 2. The molecule has 0 saturated carbocycles. The van der Waals surface area contributed by atoms with E-state index >= 15 is 0 Å². The van der Waals surface area contributed by atoms with Crippen LogP contribution in [0, 0.1) is 0 Å². The maximum absolute atomic E-state index is 12.2. The molecule has 0 amide bonds. The molecule has 3 N–H and O–H groups in total. The fourth-order valence-corrected chi connectivity index (χ4v) is 3.31. The molecule has 0 bridgehead atoms. The molecule has 1 aliphatic rings. The Kier molecular flexibility index (Phi) is 8.98. The SMILES string of the molecule is C=C(C)CN1CCC(NC(=NCC(O)c2ccc(OC(F)(F)F)cc2)NCC)CC1. The minimum absolute atomic E-state index is 0.0866. The highest BCUT2D eigenvalue weighted by Gasteiger charge is 2.31. The molecule has 168 valence electrons. The Bertz CT molecular complexity index is 699. The third-order valence-corrected chi connectivity index (χ3v) is 4.69. The summed E-state index contributed by atoms with van der Waals surface area (Å²) in [6.07, 6.45) is -3.70. The lowest BCUT2D eigenvalue weighted by atomic mass is 10.0. The van der Waals surface area contributed by atoms with Gasteiger partial charge in [-0.3, -0.25) is 9.89 Å². The van der Waals surface area contributed by atoms with Crippen molar-refractivity contribution in [2.75, 3.05) is 32.7 Å². The molecular formula is C21H31F3N4O2. The lowest BCUT2D eigenvalue weighted by Gasteiger charge is -2.33. The fraction of sp³-hybridized carbons (Fsp3) is 0.571. The molecule has 1 unspecified atom stereocenters. The molecule has 1 saturated heterocycles. The largest absolute Gasteiger partial charge is 0.573 e. The second-order valence-corrected chi connectivity index (χ2v) is 7.50. The number of aliphatic hydroxyl groups is 1. The first-order valence-corrected chi connectivity index (χ1v) is 10.1. The Morgan fingerprint density at radius 2 is 1.93 bits per heavy atom. The van der Waals surface area contributed by atoms with Crippen LogP contribution in [0.4, 0.5) is 13.2 Å². The van der Waals surface area contributed by atoms with Crippen molar-refractivity contribution in [3.8, 4) is 5.75 Å². The van der Waals surface area contributed by atoms with Gasteiger partial charge >= 0.3 is 6.36 Å². The van der Waals surface area contributed by atoms with Gasteiger partial charge in [0.2, 0.25) is 0 Å². The quantitative estimate of drug-likeness (QED) is 0.337. The maximum atomic E-state index is 12.2. The van der Waals surface area contributed by atoms with E-state index in [1.165, 1.54) is 24.3 Å². The standard InChI is InChI=1S/C21H31F3N4O2/c1-4-25-20(27-17-9-11-28(12-10-17)14-15(2)3)26-13-19(29)16-5-7-18(8-6-16)30-21(22,23)24/h5-8,17,19,29H,2,4,9-14H2,1,3H3,(H2,25,26,27). The number of halogens is 3. The molecule has 1 heterocycles. The highest BCUT2D eigenvalue weighted by molar-refractivity contribution is 5.80. The number of guanidine groups is 1. The molecule has 0 aromatic heterocycles. The Balaban J connectivity index is 1.88. The second-order valence-electron chi connectivity index (χ2n) is 7.50. The Morgan fingerprint density at radius 3 is 2.47 bits per heavy atom. The summed E-state index contributed by atoms with van der Waals surface area (Å²) in [5, 5.41) is 16.9. The number of piperidine rings is 1. The Labute approximate surface area is 175 Å². The number of hydrogen-bond acceptors (Lipinski definition) is 4. The molecule has 1 aliphatic heterocycles. The smallest absolute Gasteiger partial charge is 0.406 e. The number of ether oxygens (including phenoxy) is 1. The van der Waals surface area contributed by atoms with E-state index in [1.807, 2.05) is 13.8 Å².